The Hall–Kier alpha value is -2.54. The molecule has 1 N–H and O–H groups in total. The number of benzene rings is 1. The molecule has 1 atom stereocenters. The van der Waals surface area contributed by atoms with Crippen LogP contribution < -0.4 is 5.32 Å². The molecule has 0 fully saturated rings. The molecule has 0 bridgehead atoms. The SMILES string of the molecule is C=CCOC(=O)C1(C#N)C=Cc2ccccc2N1. The number of carbonyl (C=O) groups is 1. The van der Waals surface area contributed by atoms with E-state index in [2.05, 4.69) is 11.9 Å². The van der Waals surface area contributed by atoms with Crippen molar-refractivity contribution in [3.8, 4) is 6.07 Å². The molecule has 0 radical (unpaired) electrons. The van der Waals surface area contributed by atoms with Crippen molar-refractivity contribution >= 4 is 17.7 Å². The highest BCUT2D eigenvalue weighted by Crippen LogP contribution is 2.28. The highest BCUT2D eigenvalue weighted by molar-refractivity contribution is 5.95. The summed E-state index contributed by atoms with van der Waals surface area (Å²) in [6.07, 6.45) is 4.72. The van der Waals surface area contributed by atoms with E-state index < -0.39 is 11.5 Å². The van der Waals surface area contributed by atoms with Gasteiger partial charge in [-0.15, -0.1) is 0 Å². The van der Waals surface area contributed by atoms with Gasteiger partial charge in [-0.2, -0.15) is 5.26 Å². The molecule has 0 amide bonds. The van der Waals surface area contributed by atoms with E-state index >= 15 is 0 Å². The van der Waals surface area contributed by atoms with E-state index in [-0.39, 0.29) is 6.61 Å². The fourth-order valence-electron chi connectivity index (χ4n) is 1.70. The van der Waals surface area contributed by atoms with Crippen LogP contribution in [0.5, 0.6) is 0 Å². The van der Waals surface area contributed by atoms with Crippen molar-refractivity contribution in [2.45, 2.75) is 5.54 Å². The summed E-state index contributed by atoms with van der Waals surface area (Å²) < 4.78 is 4.95. The number of ether oxygens (including phenoxy) is 1. The zero-order valence-electron chi connectivity index (χ0n) is 9.72. The lowest BCUT2D eigenvalue weighted by atomic mass is 9.94. The smallest absolute Gasteiger partial charge is 0.351 e. The predicted molar refractivity (Wildman–Crippen MR) is 68.6 cm³/mol. The van der Waals surface area contributed by atoms with Crippen LogP contribution in [0.3, 0.4) is 0 Å². The Morgan fingerprint density at radius 3 is 3.06 bits per heavy atom. The van der Waals surface area contributed by atoms with Gasteiger partial charge in [-0.3, -0.25) is 0 Å². The minimum Gasteiger partial charge on any atom is -0.459 e. The minimum atomic E-state index is -1.46. The highest BCUT2D eigenvalue weighted by Gasteiger charge is 2.40. The van der Waals surface area contributed by atoms with Crippen LogP contribution in [0.25, 0.3) is 6.08 Å². The van der Waals surface area contributed by atoms with E-state index in [4.69, 9.17) is 4.74 Å². The van der Waals surface area contributed by atoms with Gasteiger partial charge in [-0.25, -0.2) is 4.79 Å². The van der Waals surface area contributed by atoms with Crippen molar-refractivity contribution in [1.29, 1.82) is 5.26 Å². The number of hydrogen-bond donors (Lipinski definition) is 1. The monoisotopic (exact) mass is 240 g/mol. The first-order chi connectivity index (χ1) is 8.72. The fraction of sp³-hybridized carbons (Fsp3) is 0.143. The Balaban J connectivity index is 2.30. The molecule has 0 spiro atoms. The van der Waals surface area contributed by atoms with E-state index in [1.807, 2.05) is 30.3 Å². The van der Waals surface area contributed by atoms with Gasteiger partial charge in [0.2, 0.25) is 5.54 Å². The Labute approximate surface area is 105 Å². The number of para-hydroxylation sites is 1. The zero-order valence-corrected chi connectivity index (χ0v) is 9.72. The maximum Gasteiger partial charge on any atom is 0.351 e. The molecule has 18 heavy (non-hydrogen) atoms. The van der Waals surface area contributed by atoms with Crippen molar-refractivity contribution in [2.24, 2.45) is 0 Å². The molecule has 1 aromatic rings. The maximum absolute atomic E-state index is 11.9. The van der Waals surface area contributed by atoms with E-state index in [0.717, 1.165) is 11.3 Å². The number of carbonyl (C=O) groups excluding carboxylic acids is 1. The largest absolute Gasteiger partial charge is 0.459 e. The third-order valence-electron chi connectivity index (χ3n) is 2.64. The first-order valence-electron chi connectivity index (χ1n) is 5.48. The van der Waals surface area contributed by atoms with Crippen molar-refractivity contribution in [2.75, 3.05) is 11.9 Å². The van der Waals surface area contributed by atoms with Gasteiger partial charge in [0.05, 0.1) is 0 Å². The lowest BCUT2D eigenvalue weighted by Gasteiger charge is -2.27. The van der Waals surface area contributed by atoms with E-state index in [0.29, 0.717) is 0 Å². The Bertz CT molecular complexity index is 557. The number of hydrogen-bond acceptors (Lipinski definition) is 4. The topological polar surface area (TPSA) is 62.1 Å². The van der Waals surface area contributed by atoms with E-state index in [9.17, 15) is 10.1 Å². The number of anilines is 1. The molecule has 0 saturated heterocycles. The van der Waals surface area contributed by atoms with Crippen LogP contribution >= 0.6 is 0 Å². The highest BCUT2D eigenvalue weighted by atomic mass is 16.5. The van der Waals surface area contributed by atoms with Crippen molar-refractivity contribution in [1.82, 2.24) is 0 Å². The normalized spacial score (nSPS) is 20.2. The summed E-state index contributed by atoms with van der Waals surface area (Å²) in [4.78, 5) is 11.9. The van der Waals surface area contributed by atoms with Crippen LogP contribution in [-0.2, 0) is 9.53 Å². The maximum atomic E-state index is 11.9. The van der Waals surface area contributed by atoms with Crippen LogP contribution in [0.1, 0.15) is 5.56 Å². The Kier molecular flexibility index (Phi) is 3.16. The van der Waals surface area contributed by atoms with Crippen molar-refractivity contribution < 1.29 is 9.53 Å². The van der Waals surface area contributed by atoms with E-state index in [1.165, 1.54) is 12.2 Å². The molecule has 0 aliphatic carbocycles. The molecular formula is C14H12N2O2. The molecule has 2 rings (SSSR count). The quantitative estimate of drug-likeness (QED) is 0.649. The van der Waals surface area contributed by atoms with Crippen LogP contribution in [0, 0.1) is 11.3 Å². The molecule has 1 aromatic carbocycles. The Morgan fingerprint density at radius 1 is 1.56 bits per heavy atom. The summed E-state index contributed by atoms with van der Waals surface area (Å²) in [5, 5.41) is 12.2. The summed E-state index contributed by atoms with van der Waals surface area (Å²) in [5.74, 6) is -0.629. The van der Waals surface area contributed by atoms with E-state index in [1.54, 1.807) is 6.08 Å². The van der Waals surface area contributed by atoms with Gasteiger partial charge in [0.15, 0.2) is 0 Å². The minimum absolute atomic E-state index is 0.0828. The molecule has 0 aromatic heterocycles. The van der Waals surface area contributed by atoms with Crippen LogP contribution in [0.4, 0.5) is 5.69 Å². The lowest BCUT2D eigenvalue weighted by molar-refractivity contribution is -0.144. The first-order valence-corrected chi connectivity index (χ1v) is 5.48. The third kappa shape index (κ3) is 1.98. The number of fused-ring (bicyclic) bond motifs is 1. The summed E-state index contributed by atoms with van der Waals surface area (Å²) in [6, 6.07) is 9.39. The van der Waals surface area contributed by atoms with Gasteiger partial charge < -0.3 is 10.1 Å². The lowest BCUT2D eigenvalue weighted by Crippen LogP contribution is -2.45. The van der Waals surface area contributed by atoms with Crippen LogP contribution in [-0.4, -0.2) is 18.1 Å². The fourth-order valence-corrected chi connectivity index (χ4v) is 1.70. The molecule has 4 nitrogen and oxygen atoms in total. The third-order valence-corrected chi connectivity index (χ3v) is 2.64. The molecule has 90 valence electrons. The number of esters is 1. The Morgan fingerprint density at radius 2 is 2.33 bits per heavy atom. The second kappa shape index (κ2) is 4.76. The van der Waals surface area contributed by atoms with Gasteiger partial charge in [0.25, 0.3) is 0 Å². The van der Waals surface area contributed by atoms with Crippen LogP contribution in [0.2, 0.25) is 0 Å². The molecule has 1 aliphatic rings. The summed E-state index contributed by atoms with van der Waals surface area (Å²) >= 11 is 0. The summed E-state index contributed by atoms with van der Waals surface area (Å²) in [7, 11) is 0. The molecule has 4 heteroatoms. The number of nitriles is 1. The molecule has 0 saturated carbocycles. The standard InChI is InChI=1S/C14H12N2O2/c1-2-9-18-13(17)14(10-15)8-7-11-5-3-4-6-12(11)16-14/h2-8,16H,1,9H2. The summed E-state index contributed by atoms with van der Waals surface area (Å²) in [5.41, 5.74) is 0.203. The number of nitrogens with zero attached hydrogens (tertiary/aromatic N) is 1. The molecule has 1 unspecified atom stereocenters. The molecule has 1 aliphatic heterocycles. The second-order valence-corrected chi connectivity index (χ2v) is 3.85. The number of rotatable bonds is 3. The van der Waals surface area contributed by atoms with Gasteiger partial charge in [-0.1, -0.05) is 36.9 Å². The molecular weight excluding hydrogens is 228 g/mol. The van der Waals surface area contributed by atoms with Gasteiger partial charge >= 0.3 is 5.97 Å². The average Bonchev–Trinajstić information content (AvgIpc) is 2.44. The second-order valence-electron chi connectivity index (χ2n) is 3.85. The van der Waals surface area contributed by atoms with Crippen LogP contribution in [0.15, 0.2) is 43.0 Å². The van der Waals surface area contributed by atoms with Crippen molar-refractivity contribution in [3.05, 3.63) is 48.6 Å². The zero-order chi connectivity index (χ0) is 13.0. The average molecular weight is 240 g/mol. The van der Waals surface area contributed by atoms with Gasteiger partial charge in [0.1, 0.15) is 12.7 Å². The summed E-state index contributed by atoms with van der Waals surface area (Å²) in [6.45, 7) is 3.55. The van der Waals surface area contributed by atoms with Gasteiger partial charge in [-0.05, 0) is 17.7 Å². The first kappa shape index (κ1) is 11.9. The number of nitrogens with one attached hydrogen (secondary N) is 1. The molecule has 1 heterocycles. The predicted octanol–water partition coefficient (Wildman–Crippen LogP) is 2.12. The van der Waals surface area contributed by atoms with Gasteiger partial charge in [0, 0.05) is 5.69 Å². The van der Waals surface area contributed by atoms with Crippen molar-refractivity contribution in [3.63, 3.8) is 0 Å².